The van der Waals surface area contributed by atoms with Crippen molar-refractivity contribution in [2.45, 2.75) is 25.3 Å². The molecule has 0 unspecified atom stereocenters. The second-order valence-corrected chi connectivity index (χ2v) is 8.04. The van der Waals surface area contributed by atoms with Gasteiger partial charge in [0.15, 0.2) is 0 Å². The van der Waals surface area contributed by atoms with Crippen molar-refractivity contribution in [1.82, 2.24) is 9.62 Å². The summed E-state index contributed by atoms with van der Waals surface area (Å²) in [6.45, 7) is 4.00. The molecule has 4 N–H and O–H groups in total. The van der Waals surface area contributed by atoms with Crippen LogP contribution in [0.5, 0.6) is 0 Å². The van der Waals surface area contributed by atoms with E-state index in [1.165, 1.54) is 4.31 Å². The lowest BCUT2D eigenvalue weighted by molar-refractivity contribution is 0.0946. The molecule has 0 aromatic heterocycles. The number of sulfonamides is 1. The zero-order valence-electron chi connectivity index (χ0n) is 16.1. The van der Waals surface area contributed by atoms with Crippen LogP contribution in [-0.2, 0) is 16.6 Å². The largest absolute Gasteiger partial charge is 0.351 e. The maximum atomic E-state index is 14.2. The van der Waals surface area contributed by atoms with Crippen molar-refractivity contribution in [3.8, 4) is 0 Å². The highest BCUT2D eigenvalue weighted by molar-refractivity contribution is 7.89. The van der Waals surface area contributed by atoms with Crippen LogP contribution in [0.4, 0.5) is 14.9 Å². The van der Waals surface area contributed by atoms with E-state index >= 15 is 0 Å². The number of nitrogens with one attached hydrogen (secondary N) is 2. The minimum absolute atomic E-state index is 0.0855. The van der Waals surface area contributed by atoms with Gasteiger partial charge in [-0.05, 0) is 35.9 Å². The van der Waals surface area contributed by atoms with E-state index < -0.39 is 27.8 Å². The smallest absolute Gasteiger partial charge is 0.316 e. The van der Waals surface area contributed by atoms with Crippen molar-refractivity contribution < 1.29 is 22.4 Å². The van der Waals surface area contributed by atoms with Gasteiger partial charge in [-0.3, -0.25) is 4.79 Å². The molecular formula is C19H23FN4O4S. The summed E-state index contributed by atoms with van der Waals surface area (Å²) in [5.74, 6) is -1.56. The third kappa shape index (κ3) is 5.52. The van der Waals surface area contributed by atoms with Gasteiger partial charge in [-0.1, -0.05) is 26.0 Å². The van der Waals surface area contributed by atoms with Crippen LogP contribution in [0, 0.1) is 5.82 Å². The number of benzene rings is 2. The van der Waals surface area contributed by atoms with Crippen LogP contribution < -0.4 is 16.4 Å². The minimum atomic E-state index is -3.81. The Hall–Kier alpha value is -2.98. The first kappa shape index (κ1) is 22.3. The predicted octanol–water partition coefficient (Wildman–Crippen LogP) is 2.28. The average Bonchev–Trinajstić information content (AvgIpc) is 2.67. The molecule has 0 radical (unpaired) electrons. The first-order valence-electron chi connectivity index (χ1n) is 8.92. The molecule has 0 fully saturated rings. The Morgan fingerprint density at radius 1 is 1.07 bits per heavy atom. The molecule has 10 heteroatoms. The number of nitrogens with two attached hydrogens (primary N) is 1. The Bertz CT molecular complexity index is 990. The summed E-state index contributed by atoms with van der Waals surface area (Å²) < 4.78 is 40.6. The molecule has 0 bridgehead atoms. The topological polar surface area (TPSA) is 122 Å². The second-order valence-electron chi connectivity index (χ2n) is 6.10. The molecule has 0 spiro atoms. The summed E-state index contributed by atoms with van der Waals surface area (Å²) in [6.07, 6.45) is 0. The molecule has 156 valence electrons. The zero-order chi connectivity index (χ0) is 21.6. The van der Waals surface area contributed by atoms with E-state index in [0.29, 0.717) is 11.3 Å². The summed E-state index contributed by atoms with van der Waals surface area (Å²) in [5, 5.41) is 4.96. The Balaban J connectivity index is 2.15. The number of hydrogen-bond acceptors (Lipinski definition) is 4. The number of rotatable bonds is 8. The second kappa shape index (κ2) is 9.48. The number of amides is 3. The van der Waals surface area contributed by atoms with E-state index in [4.69, 9.17) is 5.73 Å². The van der Waals surface area contributed by atoms with E-state index in [2.05, 4.69) is 10.6 Å². The Kier molecular flexibility index (Phi) is 7.29. The lowest BCUT2D eigenvalue weighted by Gasteiger charge is -2.19. The van der Waals surface area contributed by atoms with Gasteiger partial charge in [0.1, 0.15) is 5.82 Å². The Labute approximate surface area is 168 Å². The van der Waals surface area contributed by atoms with E-state index in [-0.39, 0.29) is 30.1 Å². The van der Waals surface area contributed by atoms with E-state index in [0.717, 1.165) is 18.2 Å². The van der Waals surface area contributed by atoms with Gasteiger partial charge in [0.25, 0.3) is 5.91 Å². The van der Waals surface area contributed by atoms with Crippen molar-refractivity contribution in [3.63, 3.8) is 0 Å². The summed E-state index contributed by atoms with van der Waals surface area (Å²) in [7, 11) is -3.81. The van der Waals surface area contributed by atoms with Gasteiger partial charge >= 0.3 is 6.03 Å². The molecule has 0 heterocycles. The van der Waals surface area contributed by atoms with Crippen LogP contribution in [0.25, 0.3) is 0 Å². The van der Waals surface area contributed by atoms with Crippen molar-refractivity contribution in [2.24, 2.45) is 5.73 Å². The van der Waals surface area contributed by atoms with Crippen LogP contribution in [0.1, 0.15) is 29.8 Å². The highest BCUT2D eigenvalue weighted by Gasteiger charge is 2.24. The predicted molar refractivity (Wildman–Crippen MR) is 107 cm³/mol. The maximum Gasteiger partial charge on any atom is 0.316 e. The quantitative estimate of drug-likeness (QED) is 0.604. The third-order valence-corrected chi connectivity index (χ3v) is 6.25. The van der Waals surface area contributed by atoms with Crippen LogP contribution >= 0.6 is 0 Å². The monoisotopic (exact) mass is 422 g/mol. The Morgan fingerprint density at radius 3 is 2.24 bits per heavy atom. The van der Waals surface area contributed by atoms with Gasteiger partial charge in [-0.25, -0.2) is 17.6 Å². The number of halogens is 1. The molecule has 0 aliphatic heterocycles. The number of anilines is 1. The maximum absolute atomic E-state index is 14.2. The summed E-state index contributed by atoms with van der Waals surface area (Å²) in [4.78, 5) is 23.1. The zero-order valence-corrected chi connectivity index (χ0v) is 16.9. The molecule has 8 nitrogen and oxygen atoms in total. The molecule has 2 aromatic rings. The number of urea groups is 1. The summed E-state index contributed by atoms with van der Waals surface area (Å²) in [5.41, 5.74) is 5.86. The number of nitrogens with zero attached hydrogens (tertiary/aromatic N) is 1. The van der Waals surface area contributed by atoms with Crippen LogP contribution in [0.2, 0.25) is 0 Å². The average molecular weight is 422 g/mol. The molecule has 0 saturated heterocycles. The molecule has 0 aliphatic rings. The molecule has 0 aliphatic carbocycles. The van der Waals surface area contributed by atoms with Crippen molar-refractivity contribution in [2.75, 3.05) is 18.4 Å². The van der Waals surface area contributed by atoms with Crippen LogP contribution in [0.15, 0.2) is 47.4 Å². The molecule has 3 amide bonds. The molecular weight excluding hydrogens is 399 g/mol. The standard InChI is InChI=1S/C19H23FN4O4S/c1-3-24(4-2)29(27,28)15-9-10-17(20)16(11-15)18(25)22-12-13-5-7-14(8-6-13)23-19(21)26/h5-11H,3-4,12H2,1-2H3,(H,22,25)(H3,21,23,26). The SMILES string of the molecule is CCN(CC)S(=O)(=O)c1ccc(F)c(C(=O)NCc2ccc(NC(N)=O)cc2)c1. The molecule has 29 heavy (non-hydrogen) atoms. The van der Waals surface area contributed by atoms with Gasteiger partial charge in [0.2, 0.25) is 10.0 Å². The third-order valence-electron chi connectivity index (χ3n) is 4.20. The number of primary amides is 1. The molecule has 2 aromatic carbocycles. The normalized spacial score (nSPS) is 11.3. The number of hydrogen-bond donors (Lipinski definition) is 3. The molecule has 2 rings (SSSR count). The van der Waals surface area contributed by atoms with Crippen molar-refractivity contribution >= 4 is 27.6 Å². The fourth-order valence-electron chi connectivity index (χ4n) is 2.68. The lowest BCUT2D eigenvalue weighted by Crippen LogP contribution is -2.31. The molecule has 0 atom stereocenters. The first-order valence-corrected chi connectivity index (χ1v) is 10.4. The fraction of sp³-hybridized carbons (Fsp3) is 0.263. The summed E-state index contributed by atoms with van der Waals surface area (Å²) in [6, 6.07) is 8.97. The van der Waals surface area contributed by atoms with Crippen molar-refractivity contribution in [1.29, 1.82) is 0 Å². The van der Waals surface area contributed by atoms with E-state index in [1.807, 2.05) is 0 Å². The Morgan fingerprint density at radius 2 is 1.69 bits per heavy atom. The van der Waals surface area contributed by atoms with Gasteiger partial charge in [-0.15, -0.1) is 0 Å². The van der Waals surface area contributed by atoms with Crippen LogP contribution in [0.3, 0.4) is 0 Å². The highest BCUT2D eigenvalue weighted by Crippen LogP contribution is 2.19. The molecule has 0 saturated carbocycles. The van der Waals surface area contributed by atoms with Crippen LogP contribution in [-0.4, -0.2) is 37.8 Å². The summed E-state index contributed by atoms with van der Waals surface area (Å²) >= 11 is 0. The van der Waals surface area contributed by atoms with E-state index in [1.54, 1.807) is 38.1 Å². The van der Waals surface area contributed by atoms with Gasteiger partial charge in [-0.2, -0.15) is 4.31 Å². The minimum Gasteiger partial charge on any atom is -0.351 e. The van der Waals surface area contributed by atoms with Gasteiger partial charge in [0, 0.05) is 25.3 Å². The fourth-order valence-corrected chi connectivity index (χ4v) is 4.16. The highest BCUT2D eigenvalue weighted by atomic mass is 32.2. The van der Waals surface area contributed by atoms with Gasteiger partial charge in [0.05, 0.1) is 10.5 Å². The van der Waals surface area contributed by atoms with Crippen molar-refractivity contribution in [3.05, 3.63) is 59.4 Å². The lowest BCUT2D eigenvalue weighted by atomic mass is 10.1. The number of carbonyl (C=O) groups excluding carboxylic acids is 2. The first-order chi connectivity index (χ1) is 13.7. The van der Waals surface area contributed by atoms with Gasteiger partial charge < -0.3 is 16.4 Å². The van der Waals surface area contributed by atoms with E-state index in [9.17, 15) is 22.4 Å². The number of carbonyl (C=O) groups is 2.